The number of carbonyl (C=O) groups is 3. The average Bonchev–Trinajstić information content (AvgIpc) is 2.94. The van der Waals surface area contributed by atoms with Crippen molar-refractivity contribution in [3.8, 4) is 11.1 Å². The third kappa shape index (κ3) is 5.11. The van der Waals surface area contributed by atoms with E-state index in [0.717, 1.165) is 22.3 Å². The second kappa shape index (κ2) is 10.1. The molecule has 2 atom stereocenters. The van der Waals surface area contributed by atoms with Crippen molar-refractivity contribution in [1.82, 2.24) is 10.7 Å². The van der Waals surface area contributed by atoms with Crippen LogP contribution in [0, 0.1) is 0 Å². The molecule has 0 fully saturated rings. The molecule has 0 aliphatic carbocycles. The van der Waals surface area contributed by atoms with Crippen LogP contribution in [0.3, 0.4) is 0 Å². The van der Waals surface area contributed by atoms with Crippen molar-refractivity contribution in [3.63, 3.8) is 0 Å². The topological polar surface area (TPSA) is 78.5 Å². The van der Waals surface area contributed by atoms with Gasteiger partial charge in [-0.2, -0.15) is 0 Å². The number of hydrogen-bond donors (Lipinski definition) is 2. The van der Waals surface area contributed by atoms with Gasteiger partial charge >= 0.3 is 0 Å². The van der Waals surface area contributed by atoms with Gasteiger partial charge in [0.25, 0.3) is 11.8 Å². The minimum absolute atomic E-state index is 0.174. The van der Waals surface area contributed by atoms with Gasteiger partial charge in [-0.1, -0.05) is 80.6 Å². The van der Waals surface area contributed by atoms with Gasteiger partial charge in [0.2, 0.25) is 5.91 Å². The molecule has 180 valence electrons. The zero-order valence-electron chi connectivity index (χ0n) is 20.5. The van der Waals surface area contributed by atoms with Gasteiger partial charge < -0.3 is 5.32 Å². The van der Waals surface area contributed by atoms with Crippen molar-refractivity contribution < 1.29 is 14.4 Å². The number of rotatable bonds is 6. The summed E-state index contributed by atoms with van der Waals surface area (Å²) < 4.78 is 0. The Balaban J connectivity index is 1.48. The van der Waals surface area contributed by atoms with E-state index in [1.807, 2.05) is 79.7 Å². The first kappa shape index (κ1) is 24.2. The molecular formula is C29H31N3O3. The van der Waals surface area contributed by atoms with E-state index in [2.05, 4.69) is 24.6 Å². The number of para-hydroxylation sites is 1. The highest BCUT2D eigenvalue weighted by Gasteiger charge is 2.33. The summed E-state index contributed by atoms with van der Waals surface area (Å²) in [7, 11) is 0. The largest absolute Gasteiger partial charge is 0.344 e. The Hall–Kier alpha value is -3.93. The number of nitrogens with one attached hydrogen (secondary N) is 2. The monoisotopic (exact) mass is 469 g/mol. The maximum absolute atomic E-state index is 13.4. The van der Waals surface area contributed by atoms with Gasteiger partial charge in [-0.25, -0.2) is 5.01 Å². The summed E-state index contributed by atoms with van der Waals surface area (Å²) >= 11 is 0. The Morgan fingerprint density at radius 3 is 2.20 bits per heavy atom. The number of hydrogen-bond acceptors (Lipinski definition) is 3. The molecule has 3 aromatic rings. The second-order valence-electron chi connectivity index (χ2n) is 9.34. The fourth-order valence-electron chi connectivity index (χ4n) is 4.35. The van der Waals surface area contributed by atoms with Crippen LogP contribution in [0.5, 0.6) is 0 Å². The van der Waals surface area contributed by atoms with E-state index in [1.54, 1.807) is 6.92 Å². The fourth-order valence-corrected chi connectivity index (χ4v) is 4.35. The maximum atomic E-state index is 13.4. The molecule has 3 amide bonds. The Morgan fingerprint density at radius 1 is 0.886 bits per heavy atom. The molecule has 6 heteroatoms. The van der Waals surface area contributed by atoms with E-state index in [0.29, 0.717) is 11.6 Å². The molecule has 4 rings (SSSR count). The van der Waals surface area contributed by atoms with Gasteiger partial charge in [0.05, 0.1) is 18.0 Å². The first-order valence-electron chi connectivity index (χ1n) is 12.0. The lowest BCUT2D eigenvalue weighted by atomic mass is 9.92. The predicted molar refractivity (Wildman–Crippen MR) is 138 cm³/mol. The molecule has 6 nitrogen and oxygen atoms in total. The first-order chi connectivity index (χ1) is 16.8. The molecule has 0 spiro atoms. The third-order valence-electron chi connectivity index (χ3n) is 6.46. The standard InChI is InChI=1S/C29H31N3O3/c1-18(2)22-15-13-21(14-16-22)17-27(33)30-20(4)28(34)31-32-26-12-8-7-11-25(26)24-10-6-5-9-23(24)19(3)29(32)35/h5-16,18-20H,17H2,1-4H3,(H,30,33)(H,31,34)/t19?,20-/m0/s1. The lowest BCUT2D eigenvalue weighted by molar-refractivity contribution is -0.130. The summed E-state index contributed by atoms with van der Waals surface area (Å²) in [6.07, 6.45) is 0.174. The van der Waals surface area contributed by atoms with Crippen LogP contribution in [-0.2, 0) is 20.8 Å². The second-order valence-corrected chi connectivity index (χ2v) is 9.34. The van der Waals surface area contributed by atoms with E-state index >= 15 is 0 Å². The fraction of sp³-hybridized carbons (Fsp3) is 0.276. The van der Waals surface area contributed by atoms with E-state index in [4.69, 9.17) is 0 Å². The summed E-state index contributed by atoms with van der Waals surface area (Å²) in [5.41, 5.74) is 8.17. The highest BCUT2D eigenvalue weighted by atomic mass is 16.2. The van der Waals surface area contributed by atoms with Crippen molar-refractivity contribution in [2.24, 2.45) is 0 Å². The van der Waals surface area contributed by atoms with Crippen LogP contribution in [0.4, 0.5) is 5.69 Å². The van der Waals surface area contributed by atoms with Crippen molar-refractivity contribution >= 4 is 23.4 Å². The van der Waals surface area contributed by atoms with Crippen molar-refractivity contribution in [3.05, 3.63) is 89.5 Å². The SMILES string of the molecule is CC(C)c1ccc(CC(=O)N[C@@H](C)C(=O)NN2C(=O)C(C)c3ccccc3-c3ccccc32)cc1. The molecule has 0 aromatic heterocycles. The van der Waals surface area contributed by atoms with Crippen molar-refractivity contribution in [1.29, 1.82) is 0 Å². The van der Waals surface area contributed by atoms with Gasteiger partial charge in [0.1, 0.15) is 6.04 Å². The first-order valence-corrected chi connectivity index (χ1v) is 12.0. The summed E-state index contributed by atoms with van der Waals surface area (Å²) in [5.74, 6) is -0.982. The van der Waals surface area contributed by atoms with Gasteiger partial charge in [0, 0.05) is 5.56 Å². The van der Waals surface area contributed by atoms with Gasteiger partial charge in [-0.05, 0) is 48.1 Å². The Kier molecular flexibility index (Phi) is 7.01. The predicted octanol–water partition coefficient (Wildman–Crippen LogP) is 4.71. The Labute approximate surface area is 206 Å². The van der Waals surface area contributed by atoms with Crippen LogP contribution >= 0.6 is 0 Å². The molecule has 0 radical (unpaired) electrons. The molecule has 35 heavy (non-hydrogen) atoms. The summed E-state index contributed by atoms with van der Waals surface area (Å²) in [6, 6.07) is 22.4. The van der Waals surface area contributed by atoms with Crippen LogP contribution in [-0.4, -0.2) is 23.8 Å². The minimum atomic E-state index is -0.821. The number of amides is 3. The Bertz CT molecular complexity index is 1250. The highest BCUT2D eigenvalue weighted by molar-refractivity contribution is 6.06. The van der Waals surface area contributed by atoms with Gasteiger partial charge in [-0.3, -0.25) is 19.8 Å². The smallest absolute Gasteiger partial charge is 0.261 e. The molecule has 0 saturated heterocycles. The summed E-state index contributed by atoms with van der Waals surface area (Å²) in [5, 5.41) is 4.06. The van der Waals surface area contributed by atoms with Gasteiger partial charge in [0.15, 0.2) is 0 Å². The van der Waals surface area contributed by atoms with E-state index < -0.39 is 17.9 Å². The molecule has 3 aromatic carbocycles. The number of benzene rings is 3. The molecule has 1 aliphatic heterocycles. The molecule has 2 N–H and O–H groups in total. The zero-order valence-corrected chi connectivity index (χ0v) is 20.5. The number of fused-ring (bicyclic) bond motifs is 3. The van der Waals surface area contributed by atoms with E-state index in [-0.39, 0.29) is 18.2 Å². The van der Waals surface area contributed by atoms with Crippen LogP contribution in [0.15, 0.2) is 72.8 Å². The minimum Gasteiger partial charge on any atom is -0.344 e. The highest BCUT2D eigenvalue weighted by Crippen LogP contribution is 2.39. The normalized spacial score (nSPS) is 15.6. The lowest BCUT2D eigenvalue weighted by Crippen LogP contribution is -2.54. The van der Waals surface area contributed by atoms with E-state index in [9.17, 15) is 14.4 Å². The van der Waals surface area contributed by atoms with Gasteiger partial charge in [-0.15, -0.1) is 0 Å². The number of nitrogens with zero attached hydrogens (tertiary/aromatic N) is 1. The van der Waals surface area contributed by atoms with Crippen LogP contribution < -0.4 is 15.8 Å². The van der Waals surface area contributed by atoms with Crippen LogP contribution in [0.25, 0.3) is 11.1 Å². The van der Waals surface area contributed by atoms with Crippen LogP contribution in [0.2, 0.25) is 0 Å². The van der Waals surface area contributed by atoms with Crippen molar-refractivity contribution in [2.45, 2.75) is 52.0 Å². The quantitative estimate of drug-likeness (QED) is 0.549. The molecular weight excluding hydrogens is 438 g/mol. The zero-order chi connectivity index (χ0) is 25.1. The van der Waals surface area contributed by atoms with E-state index in [1.165, 1.54) is 10.6 Å². The summed E-state index contributed by atoms with van der Waals surface area (Å²) in [6.45, 7) is 7.69. The maximum Gasteiger partial charge on any atom is 0.261 e. The molecule has 1 aliphatic rings. The molecule has 0 saturated carbocycles. The lowest BCUT2D eigenvalue weighted by Gasteiger charge is -2.27. The third-order valence-corrected chi connectivity index (χ3v) is 6.46. The number of hydrazine groups is 1. The molecule has 0 bridgehead atoms. The van der Waals surface area contributed by atoms with Crippen molar-refractivity contribution in [2.75, 3.05) is 5.01 Å². The average molecular weight is 470 g/mol. The number of carbonyl (C=O) groups excluding carboxylic acids is 3. The molecule has 1 heterocycles. The molecule has 1 unspecified atom stereocenters. The summed E-state index contributed by atoms with van der Waals surface area (Å²) in [4.78, 5) is 39.0. The Morgan fingerprint density at radius 2 is 1.51 bits per heavy atom. The number of anilines is 1. The van der Waals surface area contributed by atoms with Crippen LogP contribution in [0.1, 0.15) is 56.2 Å².